The molecule has 2 heterocycles. The van der Waals surface area contributed by atoms with Gasteiger partial charge >= 0.3 is 18.1 Å². The highest BCUT2D eigenvalue weighted by atomic mass is 19.4. The molecule has 2 aromatic heterocycles. The van der Waals surface area contributed by atoms with Gasteiger partial charge in [-0.25, -0.2) is 14.6 Å². The minimum Gasteiger partial charge on any atom is -0.431 e. The summed E-state index contributed by atoms with van der Waals surface area (Å²) in [5.41, 5.74) is 1.35. The van der Waals surface area contributed by atoms with Gasteiger partial charge in [0.15, 0.2) is 5.69 Å². The molecule has 2 amide bonds. The van der Waals surface area contributed by atoms with E-state index in [0.29, 0.717) is 16.8 Å². The van der Waals surface area contributed by atoms with Crippen molar-refractivity contribution in [2.75, 3.05) is 0 Å². The second-order valence-corrected chi connectivity index (χ2v) is 9.63. The van der Waals surface area contributed by atoms with E-state index < -0.39 is 30.1 Å². The van der Waals surface area contributed by atoms with Gasteiger partial charge in [0.1, 0.15) is 6.04 Å². The molecule has 0 radical (unpaired) electrons. The summed E-state index contributed by atoms with van der Waals surface area (Å²) in [5, 5.41) is 11.8. The number of amides is 2. The Labute approximate surface area is 233 Å². The molecule has 3 rings (SSSR count). The summed E-state index contributed by atoms with van der Waals surface area (Å²) >= 11 is 0. The number of nitrogens with zero attached hydrogens (tertiary/aromatic N) is 2. The highest BCUT2D eigenvalue weighted by Gasteiger charge is 2.43. The van der Waals surface area contributed by atoms with Crippen molar-refractivity contribution in [3.63, 3.8) is 0 Å². The number of nitrogens with one attached hydrogen (secondary N) is 3. The van der Waals surface area contributed by atoms with E-state index in [1.165, 1.54) is 12.3 Å². The van der Waals surface area contributed by atoms with Gasteiger partial charge in [-0.1, -0.05) is 39.8 Å². The molecule has 220 valence electrons. The molecule has 0 saturated carbocycles. The van der Waals surface area contributed by atoms with Crippen LogP contribution in [0.2, 0.25) is 0 Å². The lowest BCUT2D eigenvalue weighted by Crippen LogP contribution is -2.44. The van der Waals surface area contributed by atoms with E-state index in [9.17, 15) is 32.3 Å². The topological polar surface area (TPSA) is 156 Å². The van der Waals surface area contributed by atoms with Gasteiger partial charge in [-0.05, 0) is 43.4 Å². The van der Waals surface area contributed by atoms with Crippen molar-refractivity contribution in [2.24, 2.45) is 5.92 Å². The SMILES string of the molecule is CCC(CC)NC(=O)c1cnc(-c2cccc(-c3cc(C(=O)NC(CC(C)C)C(=O)OC(=O)C(F)(F)F)n[nH]3)c2)o1. The van der Waals surface area contributed by atoms with Crippen LogP contribution in [0.15, 0.2) is 40.9 Å². The number of carbonyl (C=O) groups excluding carboxylic acids is 4. The highest BCUT2D eigenvalue weighted by Crippen LogP contribution is 2.26. The third-order valence-electron chi connectivity index (χ3n) is 6.00. The summed E-state index contributed by atoms with van der Waals surface area (Å²) in [7, 11) is 0. The maximum atomic E-state index is 12.8. The zero-order valence-electron chi connectivity index (χ0n) is 22.8. The maximum absolute atomic E-state index is 12.8. The second kappa shape index (κ2) is 13.2. The van der Waals surface area contributed by atoms with Gasteiger partial charge in [0, 0.05) is 17.2 Å². The summed E-state index contributed by atoms with van der Waals surface area (Å²) in [5.74, 6) is -5.42. The zero-order valence-corrected chi connectivity index (χ0v) is 22.8. The standard InChI is InChI=1S/C27H30F3N5O6/c1-5-17(6-2)32-23(37)21-13-31-24(40-21)16-9-7-8-15(11-16)18-12-19(35-34-18)22(36)33-20(10-14(3)4)25(38)41-26(39)27(28,29)30/h7-9,11-14,17,20H,5-6,10H2,1-4H3,(H,32,37)(H,33,36)(H,34,35). The zero-order chi connectivity index (χ0) is 30.3. The fraction of sp³-hybridized carbons (Fsp3) is 0.407. The summed E-state index contributed by atoms with van der Waals surface area (Å²) in [6, 6.07) is 6.68. The number of rotatable bonds is 11. The fourth-order valence-corrected chi connectivity index (χ4v) is 3.81. The quantitative estimate of drug-likeness (QED) is 0.223. The van der Waals surface area contributed by atoms with Gasteiger partial charge in [-0.3, -0.25) is 14.7 Å². The molecule has 3 N–H and O–H groups in total. The van der Waals surface area contributed by atoms with Crippen molar-refractivity contribution in [3.05, 3.63) is 48.0 Å². The van der Waals surface area contributed by atoms with Crippen LogP contribution in [0.3, 0.4) is 0 Å². The summed E-state index contributed by atoms with van der Waals surface area (Å²) < 4.78 is 47.1. The Balaban J connectivity index is 1.74. The summed E-state index contributed by atoms with van der Waals surface area (Å²) in [6.45, 7) is 7.28. The van der Waals surface area contributed by atoms with Crippen LogP contribution in [0.1, 0.15) is 68.0 Å². The van der Waals surface area contributed by atoms with Crippen LogP contribution >= 0.6 is 0 Å². The van der Waals surface area contributed by atoms with Gasteiger partial charge in [0.05, 0.1) is 11.9 Å². The number of aromatic amines is 1. The molecule has 41 heavy (non-hydrogen) atoms. The number of ether oxygens (including phenoxy) is 1. The lowest BCUT2D eigenvalue weighted by atomic mass is 10.0. The van der Waals surface area contributed by atoms with Crippen LogP contribution in [-0.2, 0) is 14.3 Å². The predicted molar refractivity (Wildman–Crippen MR) is 139 cm³/mol. The first-order chi connectivity index (χ1) is 19.3. The van der Waals surface area contributed by atoms with Crippen LogP contribution < -0.4 is 10.6 Å². The van der Waals surface area contributed by atoms with Crippen LogP contribution in [0.5, 0.6) is 0 Å². The molecule has 0 bridgehead atoms. The van der Waals surface area contributed by atoms with Crippen LogP contribution in [0.4, 0.5) is 13.2 Å². The van der Waals surface area contributed by atoms with Crippen molar-refractivity contribution in [1.82, 2.24) is 25.8 Å². The highest BCUT2D eigenvalue weighted by molar-refractivity contribution is 5.98. The molecule has 3 aromatic rings. The average molecular weight is 578 g/mol. The van der Waals surface area contributed by atoms with Gasteiger partial charge in [0.25, 0.3) is 11.8 Å². The fourth-order valence-electron chi connectivity index (χ4n) is 3.81. The van der Waals surface area contributed by atoms with E-state index in [4.69, 9.17) is 4.42 Å². The minimum absolute atomic E-state index is 0.0137. The largest absolute Gasteiger partial charge is 0.491 e. The molecule has 0 aliphatic heterocycles. The number of aromatic nitrogens is 3. The van der Waals surface area contributed by atoms with E-state index in [0.717, 1.165) is 12.8 Å². The normalized spacial score (nSPS) is 12.3. The molecule has 1 aromatic carbocycles. The molecule has 0 spiro atoms. The first-order valence-corrected chi connectivity index (χ1v) is 12.9. The smallest absolute Gasteiger partial charge is 0.431 e. The van der Waals surface area contributed by atoms with E-state index in [1.807, 2.05) is 13.8 Å². The van der Waals surface area contributed by atoms with Gasteiger partial charge in [-0.15, -0.1) is 0 Å². The maximum Gasteiger partial charge on any atom is 0.491 e. The van der Waals surface area contributed by atoms with E-state index >= 15 is 0 Å². The average Bonchev–Trinajstić information content (AvgIpc) is 3.61. The molecule has 0 aliphatic carbocycles. The van der Waals surface area contributed by atoms with Crippen molar-refractivity contribution < 1.29 is 41.5 Å². The molecule has 14 heteroatoms. The van der Waals surface area contributed by atoms with Crippen LogP contribution in [0.25, 0.3) is 22.7 Å². The van der Waals surface area contributed by atoms with Gasteiger partial charge in [0.2, 0.25) is 11.7 Å². The number of alkyl halides is 3. The van der Waals surface area contributed by atoms with Crippen LogP contribution in [-0.4, -0.2) is 57.2 Å². The Bertz CT molecular complexity index is 1390. The molecule has 0 aliphatic rings. The molecule has 1 atom stereocenters. The van der Waals surface area contributed by atoms with Crippen molar-refractivity contribution in [1.29, 1.82) is 0 Å². The monoisotopic (exact) mass is 577 g/mol. The third-order valence-corrected chi connectivity index (χ3v) is 6.00. The first kappa shape index (κ1) is 31.0. The number of hydrogen-bond acceptors (Lipinski definition) is 8. The second-order valence-electron chi connectivity index (χ2n) is 9.63. The number of benzene rings is 1. The molecule has 1 unspecified atom stereocenters. The van der Waals surface area contributed by atoms with Crippen molar-refractivity contribution in [3.8, 4) is 22.7 Å². The third kappa shape index (κ3) is 8.25. The van der Waals surface area contributed by atoms with Crippen molar-refractivity contribution >= 4 is 23.8 Å². The molecule has 11 nitrogen and oxygen atoms in total. The number of carbonyl (C=O) groups is 4. The number of halogens is 3. The number of oxazole rings is 1. The molecular weight excluding hydrogens is 547 g/mol. The Hall–Kier alpha value is -4.49. The van der Waals surface area contributed by atoms with Crippen LogP contribution in [0, 0.1) is 5.92 Å². The predicted octanol–water partition coefficient (Wildman–Crippen LogP) is 4.43. The lowest BCUT2D eigenvalue weighted by molar-refractivity contribution is -0.202. The Morgan fingerprint density at radius 2 is 1.71 bits per heavy atom. The van der Waals surface area contributed by atoms with Gasteiger partial charge < -0.3 is 19.8 Å². The lowest BCUT2D eigenvalue weighted by Gasteiger charge is -2.18. The Kier molecular flexibility index (Phi) is 10.0. The molecule has 0 saturated heterocycles. The summed E-state index contributed by atoms with van der Waals surface area (Å²) in [4.78, 5) is 52.7. The minimum atomic E-state index is -5.36. The number of esters is 2. The molecule has 0 fully saturated rings. The molecular formula is C27H30F3N5O6. The van der Waals surface area contributed by atoms with E-state index in [1.54, 1.807) is 38.1 Å². The van der Waals surface area contributed by atoms with E-state index in [-0.39, 0.29) is 41.6 Å². The van der Waals surface area contributed by atoms with Crippen molar-refractivity contribution in [2.45, 2.75) is 65.2 Å². The summed E-state index contributed by atoms with van der Waals surface area (Å²) in [6.07, 6.45) is -2.56. The Morgan fingerprint density at radius 3 is 2.34 bits per heavy atom. The number of H-pyrrole nitrogens is 1. The first-order valence-electron chi connectivity index (χ1n) is 12.9. The van der Waals surface area contributed by atoms with E-state index in [2.05, 4.69) is 30.6 Å². The number of hydrogen-bond donors (Lipinski definition) is 3. The Morgan fingerprint density at radius 1 is 1.02 bits per heavy atom. The van der Waals surface area contributed by atoms with Gasteiger partial charge in [-0.2, -0.15) is 18.3 Å².